The van der Waals surface area contributed by atoms with Gasteiger partial charge in [0, 0.05) is 26.2 Å². The Labute approximate surface area is 79.8 Å². The van der Waals surface area contributed by atoms with Crippen molar-refractivity contribution in [1.29, 1.82) is 0 Å². The molecule has 0 unspecified atom stereocenters. The number of carbonyl (C=O) groups is 1. The van der Waals surface area contributed by atoms with Gasteiger partial charge in [-0.05, 0) is 25.7 Å². The van der Waals surface area contributed by atoms with Crippen molar-refractivity contribution in [2.45, 2.75) is 38.5 Å². The lowest BCUT2D eigenvalue weighted by Crippen LogP contribution is -2.21. The molecule has 3 heteroatoms. The first-order chi connectivity index (χ1) is 6.39. The highest BCUT2D eigenvalue weighted by Gasteiger charge is 2.03. The highest BCUT2D eigenvalue weighted by molar-refractivity contribution is 5.75. The Kier molecular flexibility index (Phi) is 5.57. The zero-order chi connectivity index (χ0) is 9.36. The molecule has 2 rings (SSSR count). The molecule has 0 saturated carbocycles. The number of ether oxygens (including phenoxy) is 1. The highest BCUT2D eigenvalue weighted by Crippen LogP contribution is 2.02. The summed E-state index contributed by atoms with van der Waals surface area (Å²) in [4.78, 5) is 10.6. The molecular weight excluding hydrogens is 166 g/mol. The summed E-state index contributed by atoms with van der Waals surface area (Å²) in [7, 11) is 0. The van der Waals surface area contributed by atoms with Gasteiger partial charge in [-0.1, -0.05) is 6.42 Å². The molecule has 2 aliphatic rings. The lowest BCUT2D eigenvalue weighted by Gasteiger charge is -1.93. The van der Waals surface area contributed by atoms with Gasteiger partial charge in [0.05, 0.1) is 0 Å². The van der Waals surface area contributed by atoms with Gasteiger partial charge in [-0.15, -0.1) is 0 Å². The lowest BCUT2D eigenvalue weighted by molar-refractivity contribution is -0.120. The van der Waals surface area contributed by atoms with Crippen LogP contribution in [0.3, 0.4) is 0 Å². The van der Waals surface area contributed by atoms with Crippen molar-refractivity contribution in [2.75, 3.05) is 19.8 Å². The molecule has 2 saturated heterocycles. The van der Waals surface area contributed by atoms with Crippen LogP contribution in [0.4, 0.5) is 0 Å². The second-order valence-corrected chi connectivity index (χ2v) is 3.48. The van der Waals surface area contributed by atoms with Crippen LogP contribution in [-0.4, -0.2) is 25.7 Å². The molecule has 0 bridgehead atoms. The molecule has 2 fully saturated rings. The van der Waals surface area contributed by atoms with E-state index < -0.39 is 0 Å². The van der Waals surface area contributed by atoms with Crippen molar-refractivity contribution in [1.82, 2.24) is 5.32 Å². The summed E-state index contributed by atoms with van der Waals surface area (Å²) in [6, 6.07) is 0. The number of hydrogen-bond donors (Lipinski definition) is 1. The van der Waals surface area contributed by atoms with E-state index in [0.717, 1.165) is 39.0 Å². The highest BCUT2D eigenvalue weighted by atomic mass is 16.5. The second kappa shape index (κ2) is 6.89. The third-order valence-electron chi connectivity index (χ3n) is 2.23. The van der Waals surface area contributed by atoms with Gasteiger partial charge >= 0.3 is 0 Å². The van der Waals surface area contributed by atoms with E-state index in [0.29, 0.717) is 0 Å². The van der Waals surface area contributed by atoms with Crippen LogP contribution in [0.15, 0.2) is 0 Å². The van der Waals surface area contributed by atoms with Gasteiger partial charge in [0.15, 0.2) is 0 Å². The van der Waals surface area contributed by atoms with Gasteiger partial charge in [0.1, 0.15) is 0 Å². The summed E-state index contributed by atoms with van der Waals surface area (Å²) in [6.45, 7) is 2.89. The monoisotopic (exact) mass is 185 g/mol. The lowest BCUT2D eigenvalue weighted by atomic mass is 10.2. The van der Waals surface area contributed by atoms with Crippen molar-refractivity contribution >= 4 is 5.91 Å². The largest absolute Gasteiger partial charge is 0.381 e. The molecule has 0 aliphatic carbocycles. The predicted molar refractivity (Wildman–Crippen MR) is 51.5 cm³/mol. The van der Waals surface area contributed by atoms with Crippen LogP contribution in [0.1, 0.15) is 38.5 Å². The minimum Gasteiger partial charge on any atom is -0.381 e. The molecule has 2 heterocycles. The Morgan fingerprint density at radius 1 is 1.00 bits per heavy atom. The predicted octanol–water partition coefficient (Wildman–Crippen LogP) is 1.47. The first-order valence-electron chi connectivity index (χ1n) is 5.24. The zero-order valence-corrected chi connectivity index (χ0v) is 8.18. The maximum Gasteiger partial charge on any atom is 0.219 e. The Morgan fingerprint density at radius 3 is 2.38 bits per heavy atom. The van der Waals surface area contributed by atoms with Gasteiger partial charge in [-0.25, -0.2) is 0 Å². The Bertz CT molecular complexity index is 126. The quantitative estimate of drug-likeness (QED) is 0.620. The third kappa shape index (κ3) is 5.64. The smallest absolute Gasteiger partial charge is 0.219 e. The SMILES string of the molecule is C1CCOC1.O=C1CCCCCN1. The molecular formula is C10H19NO2. The van der Waals surface area contributed by atoms with Gasteiger partial charge in [0.25, 0.3) is 0 Å². The van der Waals surface area contributed by atoms with Crippen molar-refractivity contribution in [2.24, 2.45) is 0 Å². The summed E-state index contributed by atoms with van der Waals surface area (Å²) in [5.41, 5.74) is 0. The fourth-order valence-electron chi connectivity index (χ4n) is 1.41. The van der Waals surface area contributed by atoms with Crippen LogP contribution in [0.25, 0.3) is 0 Å². The molecule has 2 aliphatic heterocycles. The number of carbonyl (C=O) groups excluding carboxylic acids is 1. The summed E-state index contributed by atoms with van der Waals surface area (Å²) in [5.74, 6) is 0.225. The van der Waals surface area contributed by atoms with Crippen LogP contribution >= 0.6 is 0 Å². The zero-order valence-electron chi connectivity index (χ0n) is 8.18. The van der Waals surface area contributed by atoms with Gasteiger partial charge in [-0.3, -0.25) is 4.79 Å². The first kappa shape index (κ1) is 10.5. The average molecular weight is 185 g/mol. The van der Waals surface area contributed by atoms with Gasteiger partial charge < -0.3 is 10.1 Å². The van der Waals surface area contributed by atoms with Gasteiger partial charge in [-0.2, -0.15) is 0 Å². The molecule has 13 heavy (non-hydrogen) atoms. The van der Waals surface area contributed by atoms with E-state index in [9.17, 15) is 4.79 Å². The third-order valence-corrected chi connectivity index (χ3v) is 2.23. The average Bonchev–Trinajstić information content (AvgIpc) is 2.62. The van der Waals surface area contributed by atoms with Gasteiger partial charge in [0.2, 0.25) is 5.91 Å². The number of amides is 1. The standard InChI is InChI=1S/C6H11NO.C4H8O/c8-6-4-2-1-3-5-7-6;1-2-4-5-3-1/h1-5H2,(H,7,8);1-4H2. The maximum atomic E-state index is 10.6. The number of nitrogens with one attached hydrogen (secondary N) is 1. The summed E-state index contributed by atoms with van der Waals surface area (Å²) in [5, 5.41) is 2.81. The van der Waals surface area contributed by atoms with Crippen LogP contribution in [0.2, 0.25) is 0 Å². The Balaban J connectivity index is 0.000000145. The minimum atomic E-state index is 0.225. The molecule has 1 N–H and O–H groups in total. The second-order valence-electron chi connectivity index (χ2n) is 3.48. The molecule has 1 amide bonds. The van der Waals surface area contributed by atoms with Crippen LogP contribution in [0.5, 0.6) is 0 Å². The van der Waals surface area contributed by atoms with E-state index in [-0.39, 0.29) is 5.91 Å². The first-order valence-corrected chi connectivity index (χ1v) is 5.24. The van der Waals surface area contributed by atoms with E-state index in [1.165, 1.54) is 19.3 Å². The van der Waals surface area contributed by atoms with E-state index in [1.54, 1.807) is 0 Å². The molecule has 0 spiro atoms. The normalized spacial score (nSPS) is 22.6. The van der Waals surface area contributed by atoms with Crippen molar-refractivity contribution < 1.29 is 9.53 Å². The number of rotatable bonds is 0. The Hall–Kier alpha value is -0.570. The minimum absolute atomic E-state index is 0.225. The molecule has 0 aromatic carbocycles. The fraction of sp³-hybridized carbons (Fsp3) is 0.900. The topological polar surface area (TPSA) is 38.3 Å². The van der Waals surface area contributed by atoms with E-state index in [4.69, 9.17) is 4.74 Å². The van der Waals surface area contributed by atoms with Crippen LogP contribution in [0, 0.1) is 0 Å². The molecule has 0 radical (unpaired) electrons. The fourth-order valence-corrected chi connectivity index (χ4v) is 1.41. The summed E-state index contributed by atoms with van der Waals surface area (Å²) in [6.07, 6.45) is 6.73. The van der Waals surface area contributed by atoms with Crippen LogP contribution < -0.4 is 5.32 Å². The molecule has 76 valence electrons. The Morgan fingerprint density at radius 2 is 1.77 bits per heavy atom. The van der Waals surface area contributed by atoms with Crippen LogP contribution in [-0.2, 0) is 9.53 Å². The van der Waals surface area contributed by atoms with E-state index >= 15 is 0 Å². The maximum absolute atomic E-state index is 10.6. The van der Waals surface area contributed by atoms with Crippen molar-refractivity contribution in [3.63, 3.8) is 0 Å². The molecule has 0 aromatic heterocycles. The van der Waals surface area contributed by atoms with Crippen molar-refractivity contribution in [3.05, 3.63) is 0 Å². The number of hydrogen-bond acceptors (Lipinski definition) is 2. The molecule has 0 atom stereocenters. The summed E-state index contributed by atoms with van der Waals surface area (Å²) >= 11 is 0. The van der Waals surface area contributed by atoms with Crippen molar-refractivity contribution in [3.8, 4) is 0 Å². The van der Waals surface area contributed by atoms with E-state index in [1.807, 2.05) is 0 Å². The summed E-state index contributed by atoms with van der Waals surface area (Å²) < 4.78 is 4.94. The molecule has 3 nitrogen and oxygen atoms in total. The van der Waals surface area contributed by atoms with E-state index in [2.05, 4.69) is 5.32 Å². The molecule has 0 aromatic rings.